The third-order valence-corrected chi connectivity index (χ3v) is 4.27. The lowest BCUT2D eigenvalue weighted by atomic mass is 9.91. The van der Waals surface area contributed by atoms with Gasteiger partial charge in [0.2, 0.25) is 0 Å². The molecule has 2 unspecified atom stereocenters. The highest BCUT2D eigenvalue weighted by Crippen LogP contribution is 2.24. The standard InChI is InChI=1S/C17H25NO3/c1-12-6-7-13(2)15(11-12)21-10-9-18-8-4-5-14(3)16(18)17(19)20/h6-7,11,14,16H,4-5,8-10H2,1-3H3,(H,19,20). The molecular formula is C17H25NO3. The van der Waals surface area contributed by atoms with Crippen LogP contribution in [-0.4, -0.2) is 41.7 Å². The molecule has 1 N–H and O–H groups in total. The largest absolute Gasteiger partial charge is 0.492 e. The third-order valence-electron chi connectivity index (χ3n) is 4.27. The lowest BCUT2D eigenvalue weighted by molar-refractivity contribution is -0.147. The summed E-state index contributed by atoms with van der Waals surface area (Å²) >= 11 is 0. The summed E-state index contributed by atoms with van der Waals surface area (Å²) in [7, 11) is 0. The monoisotopic (exact) mass is 291 g/mol. The minimum absolute atomic E-state index is 0.206. The fraction of sp³-hybridized carbons (Fsp3) is 0.588. The van der Waals surface area contributed by atoms with Crippen LogP contribution in [-0.2, 0) is 4.79 Å². The molecule has 2 atom stereocenters. The number of rotatable bonds is 5. The lowest BCUT2D eigenvalue weighted by Crippen LogP contribution is -2.50. The first-order valence-corrected chi connectivity index (χ1v) is 7.66. The molecule has 0 radical (unpaired) electrons. The second-order valence-electron chi connectivity index (χ2n) is 6.06. The Bertz CT molecular complexity index is 501. The van der Waals surface area contributed by atoms with Crippen molar-refractivity contribution in [3.05, 3.63) is 29.3 Å². The Kier molecular flexibility index (Phi) is 5.23. The Balaban J connectivity index is 1.92. The van der Waals surface area contributed by atoms with Gasteiger partial charge in [0.25, 0.3) is 0 Å². The first-order chi connectivity index (χ1) is 9.99. The van der Waals surface area contributed by atoms with Gasteiger partial charge in [-0.1, -0.05) is 19.1 Å². The summed E-state index contributed by atoms with van der Waals surface area (Å²) in [5, 5.41) is 9.39. The van der Waals surface area contributed by atoms with Crippen LogP contribution >= 0.6 is 0 Å². The first kappa shape index (κ1) is 15.8. The normalized spacial score (nSPS) is 23.0. The van der Waals surface area contributed by atoms with Gasteiger partial charge in [0.05, 0.1) is 0 Å². The van der Waals surface area contributed by atoms with E-state index in [1.54, 1.807) is 0 Å². The number of ether oxygens (including phenoxy) is 1. The first-order valence-electron chi connectivity index (χ1n) is 7.66. The van der Waals surface area contributed by atoms with Crippen molar-refractivity contribution < 1.29 is 14.6 Å². The van der Waals surface area contributed by atoms with Gasteiger partial charge in [-0.2, -0.15) is 0 Å². The quantitative estimate of drug-likeness (QED) is 0.906. The van der Waals surface area contributed by atoms with Crippen LogP contribution in [0.25, 0.3) is 0 Å². The SMILES string of the molecule is Cc1ccc(C)c(OCCN2CCCC(C)C2C(=O)O)c1. The Hall–Kier alpha value is -1.55. The van der Waals surface area contributed by atoms with Gasteiger partial charge < -0.3 is 9.84 Å². The number of likely N-dealkylation sites (tertiary alicyclic amines) is 1. The van der Waals surface area contributed by atoms with E-state index in [-0.39, 0.29) is 12.0 Å². The number of benzene rings is 1. The van der Waals surface area contributed by atoms with E-state index in [0.29, 0.717) is 13.2 Å². The number of hydrogen-bond acceptors (Lipinski definition) is 3. The number of carboxylic acid groups (broad SMARTS) is 1. The molecule has 0 aliphatic carbocycles. The summed E-state index contributed by atoms with van der Waals surface area (Å²) in [6.45, 7) is 8.13. The van der Waals surface area contributed by atoms with Crippen LogP contribution in [0.1, 0.15) is 30.9 Å². The van der Waals surface area contributed by atoms with Crippen molar-refractivity contribution in [2.75, 3.05) is 19.7 Å². The van der Waals surface area contributed by atoms with E-state index in [1.165, 1.54) is 5.56 Å². The molecule has 4 nitrogen and oxygen atoms in total. The summed E-state index contributed by atoms with van der Waals surface area (Å²) in [5.41, 5.74) is 2.29. The maximum absolute atomic E-state index is 11.4. The molecule has 0 saturated carbocycles. The van der Waals surface area contributed by atoms with Gasteiger partial charge in [0.1, 0.15) is 18.4 Å². The molecular weight excluding hydrogens is 266 g/mol. The van der Waals surface area contributed by atoms with E-state index in [4.69, 9.17) is 4.74 Å². The highest BCUT2D eigenvalue weighted by Gasteiger charge is 2.33. The smallest absolute Gasteiger partial charge is 0.321 e. The van der Waals surface area contributed by atoms with Crippen molar-refractivity contribution in [2.45, 2.75) is 39.7 Å². The van der Waals surface area contributed by atoms with E-state index in [9.17, 15) is 9.90 Å². The van der Waals surface area contributed by atoms with Crippen LogP contribution in [0.2, 0.25) is 0 Å². The number of aryl methyl sites for hydroxylation is 2. The summed E-state index contributed by atoms with van der Waals surface area (Å²) in [4.78, 5) is 13.5. The zero-order chi connectivity index (χ0) is 15.4. The van der Waals surface area contributed by atoms with Gasteiger partial charge >= 0.3 is 5.97 Å². The lowest BCUT2D eigenvalue weighted by Gasteiger charge is -2.37. The molecule has 1 saturated heterocycles. The average Bonchev–Trinajstić information content (AvgIpc) is 2.42. The van der Waals surface area contributed by atoms with Crippen LogP contribution in [0.3, 0.4) is 0 Å². The Morgan fingerprint density at radius 3 is 2.90 bits per heavy atom. The summed E-state index contributed by atoms with van der Waals surface area (Å²) in [6, 6.07) is 5.77. The maximum atomic E-state index is 11.4. The molecule has 1 aliphatic rings. The molecule has 4 heteroatoms. The number of aliphatic carboxylic acids is 1. The molecule has 1 aromatic rings. The minimum Gasteiger partial charge on any atom is -0.492 e. The van der Waals surface area contributed by atoms with Gasteiger partial charge in [0, 0.05) is 6.54 Å². The molecule has 1 heterocycles. The highest BCUT2D eigenvalue weighted by molar-refractivity contribution is 5.74. The maximum Gasteiger partial charge on any atom is 0.321 e. The number of nitrogens with zero attached hydrogens (tertiary/aromatic N) is 1. The van der Waals surface area contributed by atoms with Crippen molar-refractivity contribution in [2.24, 2.45) is 5.92 Å². The Labute approximate surface area is 126 Å². The van der Waals surface area contributed by atoms with Gasteiger partial charge in [-0.15, -0.1) is 0 Å². The second-order valence-corrected chi connectivity index (χ2v) is 6.06. The molecule has 116 valence electrons. The third kappa shape index (κ3) is 3.97. The van der Waals surface area contributed by atoms with Crippen LogP contribution in [0, 0.1) is 19.8 Å². The van der Waals surface area contributed by atoms with Crippen LogP contribution in [0.4, 0.5) is 0 Å². The molecule has 0 aromatic heterocycles. The van der Waals surface area contributed by atoms with Crippen LogP contribution in [0.15, 0.2) is 18.2 Å². The Morgan fingerprint density at radius 2 is 2.19 bits per heavy atom. The molecule has 1 aromatic carbocycles. The minimum atomic E-state index is -0.714. The van der Waals surface area contributed by atoms with Gasteiger partial charge in [-0.3, -0.25) is 9.69 Å². The fourth-order valence-electron chi connectivity index (χ4n) is 3.06. The molecule has 21 heavy (non-hydrogen) atoms. The van der Waals surface area contributed by atoms with E-state index < -0.39 is 5.97 Å². The zero-order valence-electron chi connectivity index (χ0n) is 13.1. The van der Waals surface area contributed by atoms with Gasteiger partial charge in [0.15, 0.2) is 0 Å². The molecule has 2 rings (SSSR count). The van der Waals surface area contributed by atoms with E-state index in [2.05, 4.69) is 6.07 Å². The van der Waals surface area contributed by atoms with E-state index >= 15 is 0 Å². The summed E-state index contributed by atoms with van der Waals surface area (Å²) < 4.78 is 5.85. The predicted molar refractivity (Wildman–Crippen MR) is 82.8 cm³/mol. The average molecular weight is 291 g/mol. The van der Waals surface area contributed by atoms with Crippen LogP contribution in [0.5, 0.6) is 5.75 Å². The van der Waals surface area contributed by atoms with E-state index in [1.807, 2.05) is 37.8 Å². The topological polar surface area (TPSA) is 49.8 Å². The second kappa shape index (κ2) is 6.94. The van der Waals surface area contributed by atoms with Gasteiger partial charge in [-0.05, 0) is 56.3 Å². The van der Waals surface area contributed by atoms with Crippen molar-refractivity contribution in [1.82, 2.24) is 4.90 Å². The van der Waals surface area contributed by atoms with Crippen molar-refractivity contribution in [3.8, 4) is 5.75 Å². The molecule has 0 spiro atoms. The molecule has 0 amide bonds. The zero-order valence-corrected chi connectivity index (χ0v) is 13.1. The van der Waals surface area contributed by atoms with Crippen LogP contribution < -0.4 is 4.74 Å². The number of piperidine rings is 1. The number of hydrogen-bond donors (Lipinski definition) is 1. The molecule has 1 fully saturated rings. The van der Waals surface area contributed by atoms with Crippen molar-refractivity contribution in [1.29, 1.82) is 0 Å². The van der Waals surface area contributed by atoms with Crippen molar-refractivity contribution >= 4 is 5.97 Å². The molecule has 1 aliphatic heterocycles. The summed E-state index contributed by atoms with van der Waals surface area (Å²) in [5.74, 6) is 0.387. The van der Waals surface area contributed by atoms with Gasteiger partial charge in [-0.25, -0.2) is 0 Å². The summed E-state index contributed by atoms with van der Waals surface area (Å²) in [6.07, 6.45) is 2.06. The number of carboxylic acids is 1. The molecule has 0 bridgehead atoms. The van der Waals surface area contributed by atoms with E-state index in [0.717, 1.165) is 30.7 Å². The fourth-order valence-corrected chi connectivity index (χ4v) is 3.06. The Morgan fingerprint density at radius 1 is 1.43 bits per heavy atom. The predicted octanol–water partition coefficient (Wildman–Crippen LogP) is 2.87. The highest BCUT2D eigenvalue weighted by atomic mass is 16.5. The number of carbonyl (C=O) groups is 1. The van der Waals surface area contributed by atoms with Crippen molar-refractivity contribution in [3.63, 3.8) is 0 Å².